The molecule has 4 rings (SSSR count). The third-order valence-corrected chi connectivity index (χ3v) is 4.89. The third kappa shape index (κ3) is 3.34. The molecule has 2 aliphatic rings. The van der Waals surface area contributed by atoms with Gasteiger partial charge in [0.1, 0.15) is 6.54 Å². The molecule has 0 aromatic heterocycles. The number of nitrogens with zero attached hydrogens (tertiary/aromatic N) is 1. The van der Waals surface area contributed by atoms with Crippen molar-refractivity contribution in [3.63, 3.8) is 0 Å². The minimum absolute atomic E-state index is 0.225. The molecular weight excluding hydrogens is 402 g/mol. The summed E-state index contributed by atoms with van der Waals surface area (Å²) < 4.78 is 11.2. The molecule has 9 nitrogen and oxygen atoms in total. The van der Waals surface area contributed by atoms with Crippen molar-refractivity contribution in [1.82, 2.24) is 5.48 Å². The van der Waals surface area contributed by atoms with Crippen LogP contribution in [-0.4, -0.2) is 42.7 Å². The van der Waals surface area contributed by atoms with E-state index in [0.29, 0.717) is 22.0 Å². The van der Waals surface area contributed by atoms with Crippen molar-refractivity contribution in [2.45, 2.75) is 5.79 Å². The lowest BCUT2D eigenvalue weighted by Crippen LogP contribution is -2.44. The van der Waals surface area contributed by atoms with Gasteiger partial charge in [-0.25, -0.2) is 5.48 Å². The lowest BCUT2D eigenvalue weighted by molar-refractivity contribution is -0.180. The average Bonchev–Trinajstić information content (AvgIpc) is 3.29. The summed E-state index contributed by atoms with van der Waals surface area (Å²) in [5.41, 5.74) is 3.14. The Balaban J connectivity index is 1.53. The van der Waals surface area contributed by atoms with E-state index in [1.807, 2.05) is 0 Å². The Morgan fingerprint density at radius 3 is 2.48 bits per heavy atom. The predicted octanol–water partition coefficient (Wildman–Crippen LogP) is 1.64. The Bertz CT molecular complexity index is 988. The number of carbonyl (C=O) groups is 3. The first-order valence-electron chi connectivity index (χ1n) is 8.69. The second kappa shape index (κ2) is 7.45. The van der Waals surface area contributed by atoms with Crippen molar-refractivity contribution in [1.29, 1.82) is 0 Å². The highest BCUT2D eigenvalue weighted by Crippen LogP contribution is 2.46. The molecule has 3 N–H and O–H groups in total. The van der Waals surface area contributed by atoms with Gasteiger partial charge < -0.3 is 14.8 Å². The Morgan fingerprint density at radius 1 is 1.14 bits per heavy atom. The molecule has 29 heavy (non-hydrogen) atoms. The molecule has 0 bridgehead atoms. The SMILES string of the molecule is O=C(CN1C(=O)C2(OCCO2)c2cc(Cl)ccc21)Nc1ccc(C(=O)NO)cc1. The summed E-state index contributed by atoms with van der Waals surface area (Å²) in [5, 5.41) is 11.7. The number of hydroxylamine groups is 1. The average molecular weight is 418 g/mol. The number of fused-ring (bicyclic) bond motifs is 2. The zero-order valence-electron chi connectivity index (χ0n) is 15.0. The van der Waals surface area contributed by atoms with Crippen LogP contribution in [-0.2, 0) is 24.8 Å². The molecule has 2 aliphatic heterocycles. The summed E-state index contributed by atoms with van der Waals surface area (Å²) in [7, 11) is 0. The molecule has 1 spiro atoms. The van der Waals surface area contributed by atoms with E-state index >= 15 is 0 Å². The molecule has 2 heterocycles. The molecule has 0 unspecified atom stereocenters. The van der Waals surface area contributed by atoms with Crippen LogP contribution in [0.5, 0.6) is 0 Å². The standard InChI is InChI=1S/C19H16ClN3O6/c20-12-3-6-15-14(9-12)19(28-7-8-29-19)18(26)23(15)10-16(24)21-13-4-1-11(2-5-13)17(25)22-27/h1-6,9,27H,7-8,10H2,(H,21,24)(H,22,25). The van der Waals surface area contributed by atoms with E-state index in [1.54, 1.807) is 18.2 Å². The van der Waals surface area contributed by atoms with Crippen molar-refractivity contribution >= 4 is 40.7 Å². The fourth-order valence-corrected chi connectivity index (χ4v) is 3.54. The second-order valence-electron chi connectivity index (χ2n) is 6.43. The van der Waals surface area contributed by atoms with Crippen LogP contribution in [0.15, 0.2) is 42.5 Å². The summed E-state index contributed by atoms with van der Waals surface area (Å²) in [6.07, 6.45) is 0. The van der Waals surface area contributed by atoms with Crippen molar-refractivity contribution in [3.8, 4) is 0 Å². The van der Waals surface area contributed by atoms with Gasteiger partial charge in [-0.1, -0.05) is 11.6 Å². The van der Waals surface area contributed by atoms with Crippen LogP contribution < -0.4 is 15.7 Å². The van der Waals surface area contributed by atoms with Gasteiger partial charge in [-0.05, 0) is 42.5 Å². The van der Waals surface area contributed by atoms with E-state index in [2.05, 4.69) is 5.32 Å². The molecule has 10 heteroatoms. The molecule has 3 amide bonds. The molecule has 2 aromatic carbocycles. The molecule has 2 aromatic rings. The molecule has 0 atom stereocenters. The van der Waals surface area contributed by atoms with E-state index in [4.69, 9.17) is 26.3 Å². The zero-order chi connectivity index (χ0) is 20.6. The maximum Gasteiger partial charge on any atom is 0.293 e. The smallest absolute Gasteiger partial charge is 0.293 e. The van der Waals surface area contributed by atoms with Gasteiger partial charge in [0.25, 0.3) is 17.6 Å². The summed E-state index contributed by atoms with van der Waals surface area (Å²) in [6, 6.07) is 10.8. The van der Waals surface area contributed by atoms with Gasteiger partial charge in [-0.3, -0.25) is 24.5 Å². The van der Waals surface area contributed by atoms with Crippen molar-refractivity contribution in [3.05, 3.63) is 58.6 Å². The number of hydrogen-bond donors (Lipinski definition) is 3. The maximum absolute atomic E-state index is 13.0. The van der Waals surface area contributed by atoms with Gasteiger partial charge in [0.15, 0.2) is 0 Å². The molecule has 0 aliphatic carbocycles. The van der Waals surface area contributed by atoms with Crippen LogP contribution in [0.4, 0.5) is 11.4 Å². The van der Waals surface area contributed by atoms with E-state index in [0.717, 1.165) is 0 Å². The quantitative estimate of drug-likeness (QED) is 0.514. The molecular formula is C19H16ClN3O6. The van der Waals surface area contributed by atoms with Crippen LogP contribution in [0.1, 0.15) is 15.9 Å². The highest BCUT2D eigenvalue weighted by Gasteiger charge is 2.56. The number of rotatable bonds is 4. The van der Waals surface area contributed by atoms with Crippen molar-refractivity contribution in [2.24, 2.45) is 0 Å². The van der Waals surface area contributed by atoms with Gasteiger partial charge >= 0.3 is 0 Å². The van der Waals surface area contributed by atoms with Crippen molar-refractivity contribution in [2.75, 3.05) is 30.0 Å². The molecule has 0 radical (unpaired) electrons. The molecule has 1 saturated heterocycles. The molecule has 150 valence electrons. The molecule has 1 fully saturated rings. The molecule has 0 saturated carbocycles. The summed E-state index contributed by atoms with van der Waals surface area (Å²) in [6.45, 7) is 0.248. The highest BCUT2D eigenvalue weighted by atomic mass is 35.5. The number of nitrogens with one attached hydrogen (secondary N) is 2. The van der Waals surface area contributed by atoms with Gasteiger partial charge in [0.2, 0.25) is 5.91 Å². The minimum Gasteiger partial charge on any atom is -0.336 e. The number of amides is 3. The first-order chi connectivity index (χ1) is 13.9. The second-order valence-corrected chi connectivity index (χ2v) is 6.87. The normalized spacial score (nSPS) is 16.8. The number of benzene rings is 2. The monoisotopic (exact) mass is 417 g/mol. The van der Waals surface area contributed by atoms with Crippen molar-refractivity contribution < 1.29 is 29.1 Å². The van der Waals surface area contributed by atoms with Crippen LogP contribution in [0, 0.1) is 0 Å². The number of halogens is 1. The Hall–Kier alpha value is -2.98. The van der Waals surface area contributed by atoms with Gasteiger partial charge in [-0.15, -0.1) is 0 Å². The van der Waals surface area contributed by atoms with E-state index in [-0.39, 0.29) is 25.3 Å². The zero-order valence-corrected chi connectivity index (χ0v) is 15.7. The minimum atomic E-state index is -1.57. The van der Waals surface area contributed by atoms with Crippen LogP contribution in [0.25, 0.3) is 0 Å². The maximum atomic E-state index is 13.0. The fraction of sp³-hybridized carbons (Fsp3) is 0.211. The van der Waals surface area contributed by atoms with E-state index in [9.17, 15) is 14.4 Å². The number of carbonyl (C=O) groups excluding carboxylic acids is 3. The first-order valence-corrected chi connectivity index (χ1v) is 9.06. The van der Waals surface area contributed by atoms with Crippen LogP contribution in [0.2, 0.25) is 5.02 Å². The van der Waals surface area contributed by atoms with Gasteiger partial charge in [0, 0.05) is 21.8 Å². The Kier molecular flexibility index (Phi) is 4.97. The number of anilines is 2. The predicted molar refractivity (Wildman–Crippen MR) is 102 cm³/mol. The lowest BCUT2D eigenvalue weighted by Gasteiger charge is -2.21. The first kappa shape index (κ1) is 19.3. The van der Waals surface area contributed by atoms with Crippen LogP contribution in [0.3, 0.4) is 0 Å². The number of ether oxygens (including phenoxy) is 2. The van der Waals surface area contributed by atoms with E-state index < -0.39 is 23.5 Å². The summed E-state index contributed by atoms with van der Waals surface area (Å²) >= 11 is 6.07. The lowest BCUT2D eigenvalue weighted by atomic mass is 10.1. The third-order valence-electron chi connectivity index (χ3n) is 4.66. The van der Waals surface area contributed by atoms with Gasteiger partial charge in [-0.2, -0.15) is 0 Å². The summed E-state index contributed by atoms with van der Waals surface area (Å²) in [4.78, 5) is 38.2. The van der Waals surface area contributed by atoms with E-state index in [1.165, 1.54) is 34.6 Å². The highest BCUT2D eigenvalue weighted by molar-refractivity contribution is 6.31. The fourth-order valence-electron chi connectivity index (χ4n) is 3.37. The Labute approximate surface area is 170 Å². The summed E-state index contributed by atoms with van der Waals surface area (Å²) in [5.74, 6) is -3.17. The number of hydrogen-bond acceptors (Lipinski definition) is 6. The van der Waals surface area contributed by atoms with Crippen LogP contribution >= 0.6 is 11.6 Å². The largest absolute Gasteiger partial charge is 0.336 e. The van der Waals surface area contributed by atoms with Gasteiger partial charge in [0.05, 0.1) is 18.9 Å². The topological polar surface area (TPSA) is 117 Å². The Morgan fingerprint density at radius 2 is 1.83 bits per heavy atom.